The van der Waals surface area contributed by atoms with E-state index in [-0.39, 0.29) is 6.10 Å². The Hall–Kier alpha value is -1.10. The van der Waals surface area contributed by atoms with Crippen LogP contribution in [0.25, 0.3) is 0 Å². The molecule has 4 nitrogen and oxygen atoms in total. The molecule has 1 atom stereocenters. The third kappa shape index (κ3) is 2.92. The van der Waals surface area contributed by atoms with Crippen molar-refractivity contribution in [2.24, 2.45) is 10.9 Å². The third-order valence-corrected chi connectivity index (χ3v) is 2.31. The summed E-state index contributed by atoms with van der Waals surface area (Å²) >= 11 is 5.85. The van der Waals surface area contributed by atoms with Crippen molar-refractivity contribution in [3.63, 3.8) is 0 Å². The van der Waals surface area contributed by atoms with Crippen molar-refractivity contribution in [1.29, 1.82) is 0 Å². The van der Waals surface area contributed by atoms with Gasteiger partial charge < -0.3 is 4.74 Å². The van der Waals surface area contributed by atoms with E-state index in [4.69, 9.17) is 22.2 Å². The van der Waals surface area contributed by atoms with Crippen molar-refractivity contribution < 1.29 is 4.74 Å². The predicted molar refractivity (Wildman–Crippen MR) is 60.3 cm³/mol. The lowest BCUT2D eigenvalue weighted by Gasteiger charge is -2.14. The highest BCUT2D eigenvalue weighted by Crippen LogP contribution is 2.16. The number of ether oxygens (including phenoxy) is 1. The molecule has 0 bridgehead atoms. The van der Waals surface area contributed by atoms with E-state index in [0.29, 0.717) is 17.3 Å². The summed E-state index contributed by atoms with van der Waals surface area (Å²) in [5.41, 5.74) is 1.48. The van der Waals surface area contributed by atoms with E-state index in [9.17, 15) is 0 Å². The van der Waals surface area contributed by atoms with E-state index in [1.165, 1.54) is 5.12 Å². The van der Waals surface area contributed by atoms with E-state index in [0.717, 1.165) is 12.2 Å². The maximum absolute atomic E-state index is 5.85. The number of hydrazone groups is 1. The summed E-state index contributed by atoms with van der Waals surface area (Å²) in [6.07, 6.45) is 5.53. The minimum absolute atomic E-state index is 0.214. The number of halogens is 1. The number of hydrogen-bond acceptors (Lipinski definition) is 4. The van der Waals surface area contributed by atoms with Crippen LogP contribution in [0.3, 0.4) is 0 Å². The molecule has 1 heterocycles. The lowest BCUT2D eigenvalue weighted by Crippen LogP contribution is -2.30. The smallest absolute Gasteiger partial charge is 0.102 e. The molecule has 1 unspecified atom stereocenters. The molecule has 0 aromatic heterocycles. The average Bonchev–Trinajstić information content (AvgIpc) is 2.95. The second-order valence-corrected chi connectivity index (χ2v) is 3.89. The minimum atomic E-state index is 0.214. The molecule has 2 N–H and O–H groups in total. The van der Waals surface area contributed by atoms with Crippen LogP contribution in [0.4, 0.5) is 0 Å². The Bertz CT molecular complexity index is 369. The van der Waals surface area contributed by atoms with Gasteiger partial charge >= 0.3 is 0 Å². The Labute approximate surface area is 93.3 Å². The van der Waals surface area contributed by atoms with Gasteiger partial charge in [-0.3, -0.25) is 0 Å². The second-order valence-electron chi connectivity index (χ2n) is 3.45. The normalized spacial score (nSPS) is 26.8. The molecular formula is C10H12ClN3O. The van der Waals surface area contributed by atoms with E-state index in [1.807, 2.05) is 6.08 Å². The van der Waals surface area contributed by atoms with Crippen LogP contribution in [0.2, 0.25) is 0 Å². The maximum atomic E-state index is 5.85. The molecule has 15 heavy (non-hydrogen) atoms. The molecule has 1 aliphatic heterocycles. The number of nitrogens with zero attached hydrogens (tertiary/aromatic N) is 2. The highest BCUT2D eigenvalue weighted by Gasteiger charge is 2.24. The van der Waals surface area contributed by atoms with Crippen molar-refractivity contribution in [3.05, 3.63) is 35.4 Å². The molecule has 0 aromatic rings. The molecule has 5 heteroatoms. The molecule has 2 rings (SSSR count). The molecule has 1 fully saturated rings. The molecule has 1 saturated heterocycles. The van der Waals surface area contributed by atoms with E-state index < -0.39 is 0 Å². The van der Waals surface area contributed by atoms with Gasteiger partial charge in [-0.15, -0.1) is 0 Å². The molecule has 1 aliphatic carbocycles. The van der Waals surface area contributed by atoms with Crippen LogP contribution >= 0.6 is 11.6 Å². The first-order chi connectivity index (χ1) is 7.15. The van der Waals surface area contributed by atoms with Crippen molar-refractivity contribution >= 4 is 17.3 Å². The Balaban J connectivity index is 2.03. The zero-order chi connectivity index (χ0) is 10.8. The first-order valence-electron chi connectivity index (χ1n) is 4.62. The van der Waals surface area contributed by atoms with Gasteiger partial charge in [0.05, 0.1) is 18.9 Å². The molecule has 2 aliphatic rings. The van der Waals surface area contributed by atoms with Crippen LogP contribution in [-0.2, 0) is 4.74 Å². The Morgan fingerprint density at radius 2 is 2.40 bits per heavy atom. The lowest BCUT2D eigenvalue weighted by molar-refractivity contribution is 0.258. The largest absolute Gasteiger partial charge is 0.371 e. The third-order valence-electron chi connectivity index (χ3n) is 2.08. The summed E-state index contributed by atoms with van der Waals surface area (Å²) in [6.45, 7) is 5.19. The van der Waals surface area contributed by atoms with Crippen LogP contribution in [0.1, 0.15) is 0 Å². The van der Waals surface area contributed by atoms with Gasteiger partial charge in [0.1, 0.15) is 6.10 Å². The number of nitrogens with two attached hydrogens (primary N) is 1. The lowest BCUT2D eigenvalue weighted by atomic mass is 10.1. The van der Waals surface area contributed by atoms with Gasteiger partial charge in [-0.05, 0) is 17.7 Å². The Morgan fingerprint density at radius 1 is 1.67 bits per heavy atom. The molecule has 0 spiro atoms. The van der Waals surface area contributed by atoms with E-state index >= 15 is 0 Å². The van der Waals surface area contributed by atoms with Crippen LogP contribution in [0.15, 0.2) is 40.5 Å². The first kappa shape index (κ1) is 10.4. The standard InChI is InChI=1S/C10H12ClN3O/c1-7-2-3-8(11)4-10(7)13-14(12)5-9-6-15-9/h2-4,9H,1,5-6,12H2/b13-10-. The summed E-state index contributed by atoms with van der Waals surface area (Å²) in [5, 5.41) is 6.17. The summed E-state index contributed by atoms with van der Waals surface area (Å²) in [6, 6.07) is 0. The predicted octanol–water partition coefficient (Wildman–Crippen LogP) is 1.17. The number of hydrogen-bond donors (Lipinski definition) is 1. The molecular weight excluding hydrogens is 214 g/mol. The van der Waals surface area contributed by atoms with Gasteiger partial charge in [0, 0.05) is 5.03 Å². The number of epoxide rings is 1. The molecule has 0 saturated carbocycles. The summed E-state index contributed by atoms with van der Waals surface area (Å²) in [4.78, 5) is 0. The first-order valence-corrected chi connectivity index (χ1v) is 5.00. The summed E-state index contributed by atoms with van der Waals surface area (Å²) in [5.74, 6) is 5.68. The monoisotopic (exact) mass is 225 g/mol. The van der Waals surface area contributed by atoms with Crippen molar-refractivity contribution in [2.45, 2.75) is 6.10 Å². The number of hydrazine groups is 1. The maximum Gasteiger partial charge on any atom is 0.102 e. The van der Waals surface area contributed by atoms with Gasteiger partial charge in [0.2, 0.25) is 0 Å². The van der Waals surface area contributed by atoms with Crippen molar-refractivity contribution in [1.82, 2.24) is 5.12 Å². The zero-order valence-corrected chi connectivity index (χ0v) is 8.94. The van der Waals surface area contributed by atoms with Crippen LogP contribution in [0.5, 0.6) is 0 Å². The van der Waals surface area contributed by atoms with Gasteiger partial charge in [-0.1, -0.05) is 24.3 Å². The van der Waals surface area contributed by atoms with Crippen molar-refractivity contribution in [2.75, 3.05) is 13.2 Å². The van der Waals surface area contributed by atoms with Crippen LogP contribution in [-0.4, -0.2) is 30.1 Å². The average molecular weight is 226 g/mol. The summed E-state index contributed by atoms with van der Waals surface area (Å²) < 4.78 is 5.05. The molecule has 80 valence electrons. The Morgan fingerprint density at radius 3 is 3.07 bits per heavy atom. The SMILES string of the molecule is C=C1C=CC(Cl)=C/C1=N/N(N)CC1CO1. The molecule has 0 radical (unpaired) electrons. The Kier molecular flexibility index (Phi) is 2.90. The second kappa shape index (κ2) is 4.18. The highest BCUT2D eigenvalue weighted by molar-refractivity contribution is 6.34. The summed E-state index contributed by atoms with van der Waals surface area (Å²) in [7, 11) is 0. The molecule has 0 aromatic carbocycles. The van der Waals surface area contributed by atoms with E-state index in [2.05, 4.69) is 11.7 Å². The highest BCUT2D eigenvalue weighted by atomic mass is 35.5. The molecule has 0 amide bonds. The number of allylic oxidation sites excluding steroid dienone is 5. The van der Waals surface area contributed by atoms with Crippen molar-refractivity contribution in [3.8, 4) is 0 Å². The van der Waals surface area contributed by atoms with Gasteiger partial charge in [-0.2, -0.15) is 5.10 Å². The van der Waals surface area contributed by atoms with Crippen LogP contribution in [0, 0.1) is 0 Å². The van der Waals surface area contributed by atoms with E-state index in [1.54, 1.807) is 12.2 Å². The number of rotatable bonds is 3. The van der Waals surface area contributed by atoms with Gasteiger partial charge in [0.25, 0.3) is 0 Å². The topological polar surface area (TPSA) is 54.1 Å². The van der Waals surface area contributed by atoms with Crippen LogP contribution < -0.4 is 5.84 Å². The fraction of sp³-hybridized carbons (Fsp3) is 0.300. The fourth-order valence-electron chi connectivity index (χ4n) is 1.19. The van der Waals surface area contributed by atoms with Gasteiger partial charge in [-0.25, -0.2) is 11.0 Å². The quantitative estimate of drug-likeness (QED) is 0.446. The fourth-order valence-corrected chi connectivity index (χ4v) is 1.36. The zero-order valence-electron chi connectivity index (χ0n) is 8.19. The minimum Gasteiger partial charge on any atom is -0.371 e. The van der Waals surface area contributed by atoms with Gasteiger partial charge in [0.15, 0.2) is 0 Å².